The van der Waals surface area contributed by atoms with Crippen LogP contribution < -0.4 is 5.73 Å². The maximum Gasteiger partial charge on any atom is 0.187 e. The molecule has 0 unspecified atom stereocenters. The minimum Gasteiger partial charge on any atom is -0.381 e. The van der Waals surface area contributed by atoms with Gasteiger partial charge in [-0.1, -0.05) is 25.9 Å². The van der Waals surface area contributed by atoms with Gasteiger partial charge in [-0.15, -0.1) is 0 Å². The Kier molecular flexibility index (Phi) is 2.26. The van der Waals surface area contributed by atoms with Crippen LogP contribution in [-0.2, 0) is 12.5 Å². The summed E-state index contributed by atoms with van der Waals surface area (Å²) in [6.07, 6.45) is 0. The van der Waals surface area contributed by atoms with Crippen LogP contribution in [0.4, 0.5) is 5.82 Å². The highest BCUT2D eigenvalue weighted by molar-refractivity contribution is 5.56. The van der Waals surface area contributed by atoms with Crippen molar-refractivity contribution in [3.05, 3.63) is 17.8 Å². The number of aryl methyl sites for hydroxylation is 1. The van der Waals surface area contributed by atoms with E-state index in [9.17, 15) is 0 Å². The molecule has 5 heteroatoms. The van der Waals surface area contributed by atoms with Crippen molar-refractivity contribution in [3.8, 4) is 11.5 Å². The van der Waals surface area contributed by atoms with Gasteiger partial charge in [-0.05, 0) is 6.07 Å². The molecule has 0 radical (unpaired) electrons. The van der Waals surface area contributed by atoms with E-state index < -0.39 is 0 Å². The Bertz CT molecular complexity index is 504. The van der Waals surface area contributed by atoms with Crippen LogP contribution in [0.3, 0.4) is 0 Å². The molecule has 0 saturated carbocycles. The van der Waals surface area contributed by atoms with Crippen LogP contribution in [0.25, 0.3) is 11.5 Å². The van der Waals surface area contributed by atoms with Gasteiger partial charge in [-0.2, -0.15) is 5.10 Å². The average molecular weight is 220 g/mol. The molecular weight excluding hydrogens is 204 g/mol. The predicted octanol–water partition coefficient (Wildman–Crippen LogP) is 1.95. The smallest absolute Gasteiger partial charge is 0.187 e. The molecule has 0 atom stereocenters. The highest BCUT2D eigenvalue weighted by Gasteiger charge is 2.20. The van der Waals surface area contributed by atoms with Crippen LogP contribution in [0.2, 0.25) is 0 Å². The SMILES string of the molecule is Cn1nc(C(C)(C)C)cc1-c1cc(N)no1. The van der Waals surface area contributed by atoms with Crippen molar-refractivity contribution < 1.29 is 4.52 Å². The lowest BCUT2D eigenvalue weighted by molar-refractivity contribution is 0.432. The Hall–Kier alpha value is -1.78. The third-order valence-electron chi connectivity index (χ3n) is 2.43. The van der Waals surface area contributed by atoms with Crippen molar-refractivity contribution in [1.29, 1.82) is 0 Å². The fourth-order valence-corrected chi connectivity index (χ4v) is 1.47. The van der Waals surface area contributed by atoms with Gasteiger partial charge in [0, 0.05) is 18.5 Å². The van der Waals surface area contributed by atoms with Crippen LogP contribution in [0.5, 0.6) is 0 Å². The van der Waals surface area contributed by atoms with Gasteiger partial charge in [0.05, 0.1) is 5.69 Å². The summed E-state index contributed by atoms with van der Waals surface area (Å²) in [5.41, 5.74) is 7.44. The molecule has 0 saturated heterocycles. The first-order chi connectivity index (χ1) is 7.38. The first kappa shape index (κ1) is 10.7. The zero-order valence-corrected chi connectivity index (χ0v) is 9.98. The zero-order chi connectivity index (χ0) is 11.9. The molecule has 2 N–H and O–H groups in total. The second kappa shape index (κ2) is 3.37. The van der Waals surface area contributed by atoms with Crippen molar-refractivity contribution >= 4 is 5.82 Å². The summed E-state index contributed by atoms with van der Waals surface area (Å²) in [4.78, 5) is 0. The van der Waals surface area contributed by atoms with Crippen molar-refractivity contribution in [2.75, 3.05) is 5.73 Å². The van der Waals surface area contributed by atoms with Crippen LogP contribution in [0.1, 0.15) is 26.5 Å². The third-order valence-corrected chi connectivity index (χ3v) is 2.43. The summed E-state index contributed by atoms with van der Waals surface area (Å²) in [5, 5.41) is 8.12. The Morgan fingerprint density at radius 1 is 1.31 bits per heavy atom. The minimum atomic E-state index is 0.0155. The maximum atomic E-state index is 5.52. The van der Waals surface area contributed by atoms with E-state index in [4.69, 9.17) is 10.3 Å². The van der Waals surface area contributed by atoms with Crippen LogP contribution in [0.15, 0.2) is 16.7 Å². The van der Waals surface area contributed by atoms with E-state index in [1.54, 1.807) is 10.7 Å². The molecule has 2 aromatic rings. The lowest BCUT2D eigenvalue weighted by Gasteiger charge is -2.13. The van der Waals surface area contributed by atoms with E-state index in [2.05, 4.69) is 31.0 Å². The molecule has 16 heavy (non-hydrogen) atoms. The zero-order valence-electron chi connectivity index (χ0n) is 9.98. The Labute approximate surface area is 94.2 Å². The molecule has 0 fully saturated rings. The standard InChI is InChI=1S/C11H16N4O/c1-11(2,3)9-5-7(15(4)13-9)8-6-10(12)14-16-8/h5-6H,1-4H3,(H2,12,14). The first-order valence-electron chi connectivity index (χ1n) is 5.15. The molecule has 0 aliphatic carbocycles. The first-order valence-corrected chi connectivity index (χ1v) is 5.15. The number of hydrogen-bond acceptors (Lipinski definition) is 4. The van der Waals surface area contributed by atoms with Crippen molar-refractivity contribution in [1.82, 2.24) is 14.9 Å². The second-order valence-electron chi connectivity index (χ2n) is 4.90. The predicted molar refractivity (Wildman–Crippen MR) is 61.8 cm³/mol. The molecule has 0 bridgehead atoms. The lowest BCUT2D eigenvalue weighted by Crippen LogP contribution is -2.12. The second-order valence-corrected chi connectivity index (χ2v) is 4.90. The molecule has 2 aromatic heterocycles. The topological polar surface area (TPSA) is 69.9 Å². The maximum absolute atomic E-state index is 5.52. The Morgan fingerprint density at radius 2 is 2.00 bits per heavy atom. The fourth-order valence-electron chi connectivity index (χ4n) is 1.47. The summed E-state index contributed by atoms with van der Waals surface area (Å²) < 4.78 is 6.90. The van der Waals surface area contributed by atoms with Crippen molar-refractivity contribution in [3.63, 3.8) is 0 Å². The van der Waals surface area contributed by atoms with E-state index >= 15 is 0 Å². The van der Waals surface area contributed by atoms with Crippen molar-refractivity contribution in [2.45, 2.75) is 26.2 Å². The van der Waals surface area contributed by atoms with Crippen molar-refractivity contribution in [2.24, 2.45) is 7.05 Å². The molecule has 0 aliphatic heterocycles. The molecule has 0 spiro atoms. The third kappa shape index (κ3) is 1.80. The minimum absolute atomic E-state index is 0.0155. The van der Waals surface area contributed by atoms with E-state index in [1.165, 1.54) is 0 Å². The van der Waals surface area contributed by atoms with Gasteiger partial charge >= 0.3 is 0 Å². The van der Waals surface area contributed by atoms with E-state index in [-0.39, 0.29) is 5.41 Å². The van der Waals surface area contributed by atoms with Gasteiger partial charge in [0.1, 0.15) is 5.69 Å². The van der Waals surface area contributed by atoms with E-state index in [0.717, 1.165) is 11.4 Å². The van der Waals surface area contributed by atoms with Gasteiger partial charge in [-0.3, -0.25) is 4.68 Å². The van der Waals surface area contributed by atoms with Gasteiger partial charge in [0.2, 0.25) is 0 Å². The summed E-state index contributed by atoms with van der Waals surface area (Å²) in [7, 11) is 1.88. The quantitative estimate of drug-likeness (QED) is 0.797. The molecule has 2 rings (SSSR count). The highest BCUT2D eigenvalue weighted by atomic mass is 16.5. The molecule has 2 heterocycles. The van der Waals surface area contributed by atoms with Gasteiger partial charge in [-0.25, -0.2) is 0 Å². The number of nitrogens with two attached hydrogens (primary N) is 1. The van der Waals surface area contributed by atoms with Crippen LogP contribution >= 0.6 is 0 Å². The highest BCUT2D eigenvalue weighted by Crippen LogP contribution is 2.27. The summed E-state index contributed by atoms with van der Waals surface area (Å²) in [6, 6.07) is 3.70. The van der Waals surface area contributed by atoms with Crippen LogP contribution in [0, 0.1) is 0 Å². The molecule has 5 nitrogen and oxygen atoms in total. The Morgan fingerprint density at radius 3 is 2.44 bits per heavy atom. The number of hydrogen-bond donors (Lipinski definition) is 1. The van der Waals surface area contributed by atoms with E-state index in [0.29, 0.717) is 11.6 Å². The summed E-state index contributed by atoms with van der Waals surface area (Å²) in [5.74, 6) is 1.02. The number of nitrogen functional groups attached to an aromatic ring is 1. The van der Waals surface area contributed by atoms with E-state index in [1.807, 2.05) is 13.1 Å². The number of rotatable bonds is 1. The lowest BCUT2D eigenvalue weighted by atomic mass is 9.92. The summed E-state index contributed by atoms with van der Waals surface area (Å²) >= 11 is 0. The fraction of sp³-hybridized carbons (Fsp3) is 0.455. The monoisotopic (exact) mass is 220 g/mol. The number of aromatic nitrogens is 3. The molecule has 0 amide bonds. The summed E-state index contributed by atoms with van der Waals surface area (Å²) in [6.45, 7) is 6.36. The Balaban J connectivity index is 2.47. The largest absolute Gasteiger partial charge is 0.381 e. The number of nitrogens with zero attached hydrogens (tertiary/aromatic N) is 3. The molecular formula is C11H16N4O. The molecule has 86 valence electrons. The average Bonchev–Trinajstić information content (AvgIpc) is 2.70. The normalized spacial score (nSPS) is 12.0. The van der Waals surface area contributed by atoms with Gasteiger partial charge < -0.3 is 10.3 Å². The van der Waals surface area contributed by atoms with Gasteiger partial charge in [0.25, 0.3) is 0 Å². The van der Waals surface area contributed by atoms with Crippen LogP contribution in [-0.4, -0.2) is 14.9 Å². The molecule has 0 aliphatic rings. The molecule has 0 aromatic carbocycles. The number of anilines is 1. The van der Waals surface area contributed by atoms with Gasteiger partial charge in [0.15, 0.2) is 11.6 Å².